The molecule has 0 unspecified atom stereocenters. The number of rotatable bonds is 4. The number of hydrogen-bond donors (Lipinski definition) is 2. The molecule has 1 aromatic carbocycles. The van der Waals surface area contributed by atoms with Crippen LogP contribution < -0.4 is 5.32 Å². The Labute approximate surface area is 157 Å². The van der Waals surface area contributed by atoms with Crippen molar-refractivity contribution >= 4 is 17.2 Å². The number of hydrogen-bond acceptors (Lipinski definition) is 6. The number of benzene rings is 1. The van der Waals surface area contributed by atoms with Gasteiger partial charge < -0.3 is 15.3 Å². The zero-order valence-corrected chi connectivity index (χ0v) is 15.5. The lowest BCUT2D eigenvalue weighted by Crippen LogP contribution is -2.52. The summed E-state index contributed by atoms with van der Waals surface area (Å²) in [4.78, 5) is 21.5. The summed E-state index contributed by atoms with van der Waals surface area (Å²) in [5.74, 6) is 0.126. The summed E-state index contributed by atoms with van der Waals surface area (Å²) in [6.07, 6.45) is 0.133. The van der Waals surface area contributed by atoms with Crippen LogP contribution in [0.3, 0.4) is 0 Å². The molecule has 4 rings (SSSR count). The molecule has 2 fully saturated rings. The van der Waals surface area contributed by atoms with Crippen LogP contribution in [0.5, 0.6) is 0 Å². The minimum atomic E-state index is -0.395. The van der Waals surface area contributed by atoms with Gasteiger partial charge in [0.2, 0.25) is 5.91 Å². The van der Waals surface area contributed by atoms with Gasteiger partial charge in [-0.2, -0.15) is 0 Å². The van der Waals surface area contributed by atoms with Crippen molar-refractivity contribution in [1.29, 1.82) is 0 Å². The van der Waals surface area contributed by atoms with E-state index in [0.29, 0.717) is 13.0 Å². The number of β-amino-alcohol motifs (C(OH)–C–C–N with tert-alkyl or cyclic N) is 1. The van der Waals surface area contributed by atoms with Gasteiger partial charge in [-0.05, 0) is 6.42 Å². The lowest BCUT2D eigenvalue weighted by molar-refractivity contribution is -0.135. The smallest absolute Gasteiger partial charge is 0.239 e. The van der Waals surface area contributed by atoms with Crippen LogP contribution in [0.25, 0.3) is 10.6 Å². The third-order valence-corrected chi connectivity index (χ3v) is 5.99. The third-order valence-electron chi connectivity index (χ3n) is 5.05. The van der Waals surface area contributed by atoms with Gasteiger partial charge in [-0.15, -0.1) is 11.3 Å². The molecule has 0 spiro atoms. The number of aromatic nitrogens is 1. The van der Waals surface area contributed by atoms with Crippen LogP contribution >= 0.6 is 11.3 Å². The monoisotopic (exact) mass is 372 g/mol. The molecule has 138 valence electrons. The SMILES string of the molecule is O=C([C@@H]1C[C@H](O)CN1)N1CCN(Cc2csc(-c3ccccc3)n2)CC1. The molecular weight excluding hydrogens is 348 g/mol. The fourth-order valence-electron chi connectivity index (χ4n) is 3.57. The van der Waals surface area contributed by atoms with Crippen LogP contribution in [0, 0.1) is 0 Å². The van der Waals surface area contributed by atoms with Crippen LogP contribution in [0.2, 0.25) is 0 Å². The lowest BCUT2D eigenvalue weighted by atomic mass is 10.1. The Hall–Kier alpha value is -1.80. The standard InChI is InChI=1S/C19H24N4O2S/c24-16-10-17(20-11-16)19(25)23-8-6-22(7-9-23)12-15-13-26-18(21-15)14-4-2-1-3-5-14/h1-5,13,16-17,20,24H,6-12H2/t16-,17-/m0/s1. The summed E-state index contributed by atoms with van der Waals surface area (Å²) in [5, 5.41) is 15.9. The van der Waals surface area contributed by atoms with Crippen molar-refractivity contribution in [1.82, 2.24) is 20.1 Å². The Morgan fingerprint density at radius 1 is 1.23 bits per heavy atom. The van der Waals surface area contributed by atoms with Crippen molar-refractivity contribution < 1.29 is 9.90 Å². The molecule has 2 aromatic rings. The largest absolute Gasteiger partial charge is 0.392 e. The summed E-state index contributed by atoms with van der Waals surface area (Å²) >= 11 is 1.68. The van der Waals surface area contributed by atoms with Crippen LogP contribution in [0.4, 0.5) is 0 Å². The van der Waals surface area contributed by atoms with E-state index in [1.165, 1.54) is 0 Å². The molecule has 0 saturated carbocycles. The number of nitrogens with zero attached hydrogens (tertiary/aromatic N) is 3. The van der Waals surface area contributed by atoms with Crippen molar-refractivity contribution in [2.45, 2.75) is 25.1 Å². The molecule has 7 heteroatoms. The second kappa shape index (κ2) is 7.84. The van der Waals surface area contributed by atoms with E-state index in [1.807, 2.05) is 23.1 Å². The molecule has 2 saturated heterocycles. The van der Waals surface area contributed by atoms with Gasteiger partial charge in [0.15, 0.2) is 0 Å². The Morgan fingerprint density at radius 3 is 2.69 bits per heavy atom. The summed E-state index contributed by atoms with van der Waals surface area (Å²) in [7, 11) is 0. The zero-order valence-electron chi connectivity index (χ0n) is 14.7. The first-order chi connectivity index (χ1) is 12.7. The summed E-state index contributed by atoms with van der Waals surface area (Å²) in [6.45, 7) is 4.54. The van der Waals surface area contributed by atoms with E-state index in [0.717, 1.165) is 49.0 Å². The Morgan fingerprint density at radius 2 is 2.00 bits per heavy atom. The number of aliphatic hydroxyl groups excluding tert-OH is 1. The highest BCUT2D eigenvalue weighted by molar-refractivity contribution is 7.13. The fraction of sp³-hybridized carbons (Fsp3) is 0.474. The van der Waals surface area contributed by atoms with E-state index >= 15 is 0 Å². The molecule has 1 amide bonds. The molecule has 0 radical (unpaired) electrons. The van der Waals surface area contributed by atoms with Crippen molar-refractivity contribution in [2.24, 2.45) is 0 Å². The van der Waals surface area contributed by atoms with Gasteiger partial charge in [0.25, 0.3) is 0 Å². The summed E-state index contributed by atoms with van der Waals surface area (Å²) < 4.78 is 0. The first-order valence-electron chi connectivity index (χ1n) is 9.11. The van der Waals surface area contributed by atoms with Crippen LogP contribution in [0.15, 0.2) is 35.7 Å². The van der Waals surface area contributed by atoms with Crippen molar-refractivity contribution in [2.75, 3.05) is 32.7 Å². The van der Waals surface area contributed by atoms with Gasteiger partial charge in [0, 0.05) is 50.2 Å². The van der Waals surface area contributed by atoms with E-state index in [9.17, 15) is 9.90 Å². The Bertz CT molecular complexity index is 743. The third kappa shape index (κ3) is 3.96. The van der Waals surface area contributed by atoms with Gasteiger partial charge in [0.05, 0.1) is 17.8 Å². The molecule has 2 N–H and O–H groups in total. The number of carbonyl (C=O) groups is 1. The van der Waals surface area contributed by atoms with Crippen LogP contribution in [0.1, 0.15) is 12.1 Å². The Balaban J connectivity index is 1.29. The number of aliphatic hydroxyl groups is 1. The molecule has 0 bridgehead atoms. The Kier molecular flexibility index (Phi) is 5.31. The number of nitrogens with one attached hydrogen (secondary N) is 1. The van der Waals surface area contributed by atoms with Gasteiger partial charge >= 0.3 is 0 Å². The first kappa shape index (κ1) is 17.6. The van der Waals surface area contributed by atoms with E-state index in [4.69, 9.17) is 4.98 Å². The molecule has 26 heavy (non-hydrogen) atoms. The molecule has 2 aliphatic rings. The highest BCUT2D eigenvalue weighted by atomic mass is 32.1. The normalized spacial score (nSPS) is 24.1. The van der Waals surface area contributed by atoms with Gasteiger partial charge in [0.1, 0.15) is 5.01 Å². The average molecular weight is 372 g/mol. The second-order valence-electron chi connectivity index (χ2n) is 6.96. The van der Waals surface area contributed by atoms with Crippen LogP contribution in [-0.4, -0.2) is 70.7 Å². The molecule has 0 aliphatic carbocycles. The molecular formula is C19H24N4O2S. The molecule has 2 atom stereocenters. The van der Waals surface area contributed by atoms with Gasteiger partial charge in [-0.1, -0.05) is 30.3 Å². The van der Waals surface area contributed by atoms with E-state index in [2.05, 4.69) is 27.7 Å². The van der Waals surface area contributed by atoms with Crippen molar-refractivity contribution in [3.05, 3.63) is 41.4 Å². The summed E-state index contributed by atoms with van der Waals surface area (Å²) in [5.41, 5.74) is 2.25. The van der Waals surface area contributed by atoms with E-state index < -0.39 is 6.10 Å². The topological polar surface area (TPSA) is 68.7 Å². The zero-order chi connectivity index (χ0) is 17.9. The molecule has 3 heterocycles. The maximum atomic E-state index is 12.5. The fourth-order valence-corrected chi connectivity index (χ4v) is 4.39. The maximum Gasteiger partial charge on any atom is 0.239 e. The van der Waals surface area contributed by atoms with E-state index in [-0.39, 0.29) is 11.9 Å². The van der Waals surface area contributed by atoms with Crippen molar-refractivity contribution in [3.8, 4) is 10.6 Å². The first-order valence-corrected chi connectivity index (χ1v) is 9.99. The second-order valence-corrected chi connectivity index (χ2v) is 7.82. The van der Waals surface area contributed by atoms with E-state index in [1.54, 1.807) is 11.3 Å². The van der Waals surface area contributed by atoms with Gasteiger partial charge in [-0.25, -0.2) is 4.98 Å². The highest BCUT2D eigenvalue weighted by Crippen LogP contribution is 2.24. The highest BCUT2D eigenvalue weighted by Gasteiger charge is 2.32. The average Bonchev–Trinajstić information content (AvgIpc) is 3.32. The minimum Gasteiger partial charge on any atom is -0.392 e. The molecule has 1 aromatic heterocycles. The number of thiazole rings is 1. The molecule has 6 nitrogen and oxygen atoms in total. The van der Waals surface area contributed by atoms with Gasteiger partial charge in [-0.3, -0.25) is 9.69 Å². The maximum absolute atomic E-state index is 12.5. The number of piperazine rings is 1. The quantitative estimate of drug-likeness (QED) is 0.844. The lowest BCUT2D eigenvalue weighted by Gasteiger charge is -2.35. The summed E-state index contributed by atoms with van der Waals surface area (Å²) in [6, 6.07) is 10.0. The molecule has 2 aliphatic heterocycles. The predicted octanol–water partition coefficient (Wildman–Crippen LogP) is 1.18. The minimum absolute atomic E-state index is 0.126. The van der Waals surface area contributed by atoms with Crippen molar-refractivity contribution in [3.63, 3.8) is 0 Å². The number of carbonyl (C=O) groups excluding carboxylic acids is 1. The van der Waals surface area contributed by atoms with Crippen LogP contribution in [-0.2, 0) is 11.3 Å². The predicted molar refractivity (Wildman–Crippen MR) is 102 cm³/mol. The number of amides is 1.